The minimum absolute atomic E-state index is 0.0506. The molecule has 5 nitrogen and oxygen atoms in total. The van der Waals surface area contributed by atoms with Crippen molar-refractivity contribution in [3.63, 3.8) is 0 Å². The molecule has 0 saturated carbocycles. The summed E-state index contributed by atoms with van der Waals surface area (Å²) in [5.41, 5.74) is 2.51. The number of nitrogens with zero attached hydrogens (tertiary/aromatic N) is 3. The van der Waals surface area contributed by atoms with Gasteiger partial charge in [-0.15, -0.1) is 0 Å². The van der Waals surface area contributed by atoms with Crippen LogP contribution in [0.3, 0.4) is 0 Å². The molecule has 128 valence electrons. The van der Waals surface area contributed by atoms with Crippen molar-refractivity contribution < 1.29 is 0 Å². The lowest BCUT2D eigenvalue weighted by Gasteiger charge is -2.34. The third-order valence-electron chi connectivity index (χ3n) is 4.62. The number of hydrogen-bond donors (Lipinski definition) is 1. The van der Waals surface area contributed by atoms with Crippen LogP contribution in [0.1, 0.15) is 23.7 Å². The minimum Gasteiger partial charge on any atom is -0.340 e. The summed E-state index contributed by atoms with van der Waals surface area (Å²) >= 11 is 5.92. The number of H-pyrrole nitrogens is 1. The minimum atomic E-state index is -0.0506. The Labute approximate surface area is 147 Å². The van der Waals surface area contributed by atoms with Crippen molar-refractivity contribution in [1.82, 2.24) is 14.9 Å². The van der Waals surface area contributed by atoms with E-state index in [9.17, 15) is 4.79 Å². The Bertz CT molecular complexity index is 749. The molecule has 1 N–H and O–H groups in total. The summed E-state index contributed by atoms with van der Waals surface area (Å²) in [6.07, 6.45) is 0.565. The van der Waals surface area contributed by atoms with Crippen LogP contribution in [0.25, 0.3) is 0 Å². The standard InChI is InChI=1S/C18H23ClN4O/c1-3-22-8-10-23(11-9-22)18-20-13(2)16(17(24)21-18)12-14-4-6-15(19)7-5-14/h4-7H,3,8-12H2,1-2H3,(H,20,21,24). The second-order valence-electron chi connectivity index (χ2n) is 6.18. The quantitative estimate of drug-likeness (QED) is 0.924. The van der Waals surface area contributed by atoms with Crippen LogP contribution >= 0.6 is 11.6 Å². The van der Waals surface area contributed by atoms with Gasteiger partial charge in [-0.3, -0.25) is 9.78 Å². The highest BCUT2D eigenvalue weighted by atomic mass is 35.5. The molecule has 0 bridgehead atoms. The van der Waals surface area contributed by atoms with Gasteiger partial charge < -0.3 is 9.80 Å². The average molecular weight is 347 g/mol. The predicted octanol–water partition coefficient (Wildman–Crippen LogP) is 2.46. The van der Waals surface area contributed by atoms with Crippen molar-refractivity contribution in [3.05, 3.63) is 56.5 Å². The number of piperazine rings is 1. The lowest BCUT2D eigenvalue weighted by molar-refractivity contribution is 0.269. The molecule has 1 aromatic carbocycles. The molecule has 6 heteroatoms. The van der Waals surface area contributed by atoms with Gasteiger partial charge in [-0.2, -0.15) is 0 Å². The summed E-state index contributed by atoms with van der Waals surface area (Å²) in [4.78, 5) is 24.7. The highest BCUT2D eigenvalue weighted by molar-refractivity contribution is 6.30. The Kier molecular flexibility index (Phi) is 5.21. The number of halogens is 1. The third kappa shape index (κ3) is 3.79. The largest absolute Gasteiger partial charge is 0.340 e. The van der Waals surface area contributed by atoms with Crippen LogP contribution in [-0.2, 0) is 6.42 Å². The molecule has 0 amide bonds. The maximum absolute atomic E-state index is 12.5. The topological polar surface area (TPSA) is 52.2 Å². The number of aromatic nitrogens is 2. The fourth-order valence-electron chi connectivity index (χ4n) is 3.04. The van der Waals surface area contributed by atoms with E-state index in [0.29, 0.717) is 23.0 Å². The van der Waals surface area contributed by atoms with Gasteiger partial charge in [0, 0.05) is 43.2 Å². The molecule has 0 radical (unpaired) electrons. The van der Waals surface area contributed by atoms with Crippen LogP contribution in [0.4, 0.5) is 5.95 Å². The van der Waals surface area contributed by atoms with E-state index in [-0.39, 0.29) is 5.56 Å². The van der Waals surface area contributed by atoms with E-state index in [1.165, 1.54) is 0 Å². The van der Waals surface area contributed by atoms with E-state index in [0.717, 1.165) is 44.0 Å². The van der Waals surface area contributed by atoms with Crippen molar-refractivity contribution in [2.45, 2.75) is 20.3 Å². The molecule has 0 aliphatic carbocycles. The zero-order valence-electron chi connectivity index (χ0n) is 14.2. The van der Waals surface area contributed by atoms with Gasteiger partial charge in [0.2, 0.25) is 5.95 Å². The van der Waals surface area contributed by atoms with Crippen molar-refractivity contribution in [2.24, 2.45) is 0 Å². The first-order valence-corrected chi connectivity index (χ1v) is 8.76. The first-order valence-electron chi connectivity index (χ1n) is 8.38. The molecule has 1 saturated heterocycles. The number of rotatable bonds is 4. The molecule has 1 aliphatic heterocycles. The molecule has 3 rings (SSSR count). The molecule has 24 heavy (non-hydrogen) atoms. The van der Waals surface area contributed by atoms with Gasteiger partial charge in [0.1, 0.15) is 0 Å². The third-order valence-corrected chi connectivity index (χ3v) is 4.87. The summed E-state index contributed by atoms with van der Waals surface area (Å²) in [6.45, 7) is 8.95. The Morgan fingerprint density at radius 3 is 2.42 bits per heavy atom. The van der Waals surface area contributed by atoms with Crippen LogP contribution in [0, 0.1) is 6.92 Å². The Morgan fingerprint density at radius 1 is 1.17 bits per heavy atom. The van der Waals surface area contributed by atoms with Crippen molar-refractivity contribution in [3.8, 4) is 0 Å². The molecule has 2 aromatic rings. The summed E-state index contributed by atoms with van der Waals surface area (Å²) < 4.78 is 0. The summed E-state index contributed by atoms with van der Waals surface area (Å²) in [5, 5.41) is 0.698. The fraction of sp³-hybridized carbons (Fsp3) is 0.444. The van der Waals surface area contributed by atoms with E-state index < -0.39 is 0 Å². The van der Waals surface area contributed by atoms with E-state index in [1.807, 2.05) is 31.2 Å². The normalized spacial score (nSPS) is 15.7. The van der Waals surface area contributed by atoms with Crippen LogP contribution in [0.15, 0.2) is 29.1 Å². The zero-order valence-corrected chi connectivity index (χ0v) is 14.9. The van der Waals surface area contributed by atoms with Crippen molar-refractivity contribution >= 4 is 17.5 Å². The molecule has 0 unspecified atom stereocenters. The SMILES string of the molecule is CCN1CCN(c2nc(C)c(Cc3ccc(Cl)cc3)c(=O)[nH]2)CC1. The predicted molar refractivity (Wildman–Crippen MR) is 98.2 cm³/mol. The Hall–Kier alpha value is -1.85. The number of hydrogen-bond acceptors (Lipinski definition) is 4. The second kappa shape index (κ2) is 7.36. The van der Waals surface area contributed by atoms with Crippen LogP contribution in [0.2, 0.25) is 5.02 Å². The smallest absolute Gasteiger partial charge is 0.256 e. The van der Waals surface area contributed by atoms with Gasteiger partial charge in [-0.25, -0.2) is 4.98 Å². The number of nitrogens with one attached hydrogen (secondary N) is 1. The highest BCUT2D eigenvalue weighted by Gasteiger charge is 2.19. The fourth-order valence-corrected chi connectivity index (χ4v) is 3.16. The van der Waals surface area contributed by atoms with Crippen LogP contribution < -0.4 is 10.5 Å². The number of aromatic amines is 1. The lowest BCUT2D eigenvalue weighted by Crippen LogP contribution is -2.47. The van der Waals surface area contributed by atoms with E-state index in [2.05, 4.69) is 26.7 Å². The van der Waals surface area contributed by atoms with Crippen LogP contribution in [0.5, 0.6) is 0 Å². The molecular weight excluding hydrogens is 324 g/mol. The van der Waals surface area contributed by atoms with Gasteiger partial charge in [0.15, 0.2) is 0 Å². The number of aryl methyl sites for hydroxylation is 1. The van der Waals surface area contributed by atoms with Gasteiger partial charge in [-0.1, -0.05) is 30.7 Å². The van der Waals surface area contributed by atoms with E-state index >= 15 is 0 Å². The van der Waals surface area contributed by atoms with E-state index in [1.54, 1.807) is 0 Å². The summed E-state index contributed by atoms with van der Waals surface area (Å²) in [6, 6.07) is 7.57. The van der Waals surface area contributed by atoms with Crippen molar-refractivity contribution in [2.75, 3.05) is 37.6 Å². The molecule has 1 aromatic heterocycles. The van der Waals surface area contributed by atoms with Gasteiger partial charge in [0.05, 0.1) is 5.69 Å². The van der Waals surface area contributed by atoms with Gasteiger partial charge in [-0.05, 0) is 31.2 Å². The molecule has 1 aliphatic rings. The average Bonchev–Trinajstić information content (AvgIpc) is 2.59. The molecular formula is C18H23ClN4O. The first kappa shape index (κ1) is 17.0. The van der Waals surface area contributed by atoms with Crippen LogP contribution in [-0.4, -0.2) is 47.6 Å². The second-order valence-corrected chi connectivity index (χ2v) is 6.61. The maximum Gasteiger partial charge on any atom is 0.256 e. The number of anilines is 1. The molecule has 0 atom stereocenters. The van der Waals surface area contributed by atoms with Gasteiger partial charge >= 0.3 is 0 Å². The number of benzene rings is 1. The first-order chi connectivity index (χ1) is 11.6. The summed E-state index contributed by atoms with van der Waals surface area (Å²) in [5.74, 6) is 0.688. The van der Waals surface area contributed by atoms with Gasteiger partial charge in [0.25, 0.3) is 5.56 Å². The van der Waals surface area contributed by atoms with Crippen molar-refractivity contribution in [1.29, 1.82) is 0 Å². The molecule has 2 heterocycles. The maximum atomic E-state index is 12.5. The summed E-state index contributed by atoms with van der Waals surface area (Å²) in [7, 11) is 0. The number of likely N-dealkylation sites (N-methyl/N-ethyl adjacent to an activating group) is 1. The molecule has 1 fully saturated rings. The highest BCUT2D eigenvalue weighted by Crippen LogP contribution is 2.15. The zero-order chi connectivity index (χ0) is 17.1. The lowest BCUT2D eigenvalue weighted by atomic mass is 10.1. The molecule has 0 spiro atoms. The monoisotopic (exact) mass is 346 g/mol. The Balaban J connectivity index is 1.79. The van der Waals surface area contributed by atoms with E-state index in [4.69, 9.17) is 11.6 Å². The Morgan fingerprint density at radius 2 is 1.83 bits per heavy atom.